The van der Waals surface area contributed by atoms with E-state index in [2.05, 4.69) is 10.6 Å². The number of benzene rings is 2. The van der Waals surface area contributed by atoms with Gasteiger partial charge in [0.05, 0.1) is 11.1 Å². The van der Waals surface area contributed by atoms with Crippen LogP contribution in [0.3, 0.4) is 0 Å². The van der Waals surface area contributed by atoms with Crippen LogP contribution in [0.1, 0.15) is 21.5 Å². The number of halogens is 6. The summed E-state index contributed by atoms with van der Waals surface area (Å²) in [5, 5.41) is 4.62. The number of anilines is 2. The van der Waals surface area contributed by atoms with Gasteiger partial charge in [-0.1, -0.05) is 0 Å². The third-order valence-corrected chi connectivity index (χ3v) is 3.48. The Morgan fingerprint density at radius 3 is 1.67 bits per heavy atom. The second-order valence-electron chi connectivity index (χ2n) is 5.32. The number of amides is 1. The number of nitrogens with two attached hydrogens (primary N) is 1. The minimum absolute atomic E-state index is 0.0181. The Kier molecular flexibility index (Phi) is 5.64. The SMILES string of the molecule is NC(=O)c1ccc(NC(=S)Nc2cc(C(F)(F)F)cc(C(F)(F)F)c2)cc1. The average Bonchev–Trinajstić information content (AvgIpc) is 2.53. The second-order valence-corrected chi connectivity index (χ2v) is 5.72. The molecule has 27 heavy (non-hydrogen) atoms. The zero-order valence-corrected chi connectivity index (χ0v) is 14.0. The Bertz CT molecular complexity index is 830. The highest BCUT2D eigenvalue weighted by Gasteiger charge is 2.37. The van der Waals surface area contributed by atoms with E-state index < -0.39 is 35.1 Å². The average molecular weight is 407 g/mol. The smallest absolute Gasteiger partial charge is 0.366 e. The molecule has 2 aromatic rings. The highest BCUT2D eigenvalue weighted by atomic mass is 32.1. The van der Waals surface area contributed by atoms with Gasteiger partial charge in [-0.05, 0) is 54.7 Å². The summed E-state index contributed by atoms with van der Waals surface area (Å²) in [7, 11) is 0. The molecule has 0 fully saturated rings. The number of nitrogens with one attached hydrogen (secondary N) is 2. The monoisotopic (exact) mass is 407 g/mol. The minimum Gasteiger partial charge on any atom is -0.366 e. The van der Waals surface area contributed by atoms with Gasteiger partial charge in [0.1, 0.15) is 0 Å². The van der Waals surface area contributed by atoms with Crippen LogP contribution in [-0.2, 0) is 12.4 Å². The molecule has 0 aliphatic carbocycles. The molecule has 11 heteroatoms. The summed E-state index contributed by atoms with van der Waals surface area (Å²) in [5.41, 5.74) is 2.24. The summed E-state index contributed by atoms with van der Waals surface area (Å²) in [6.45, 7) is 0. The van der Waals surface area contributed by atoms with Crippen LogP contribution in [0.15, 0.2) is 42.5 Å². The molecule has 0 unspecified atom stereocenters. The van der Waals surface area contributed by atoms with E-state index in [0.29, 0.717) is 17.8 Å². The number of carbonyl (C=O) groups is 1. The van der Waals surface area contributed by atoms with Crippen molar-refractivity contribution in [3.8, 4) is 0 Å². The van der Waals surface area contributed by atoms with Gasteiger partial charge in [0.15, 0.2) is 5.11 Å². The van der Waals surface area contributed by atoms with Crippen molar-refractivity contribution >= 4 is 34.6 Å². The quantitative estimate of drug-likeness (QED) is 0.513. The van der Waals surface area contributed by atoms with E-state index in [0.717, 1.165) is 0 Å². The lowest BCUT2D eigenvalue weighted by molar-refractivity contribution is -0.143. The summed E-state index contributed by atoms with van der Waals surface area (Å²) < 4.78 is 77.1. The highest BCUT2D eigenvalue weighted by Crippen LogP contribution is 2.37. The first-order valence-electron chi connectivity index (χ1n) is 7.13. The molecule has 0 aliphatic heterocycles. The Labute approximate surface area is 154 Å². The van der Waals surface area contributed by atoms with Crippen LogP contribution in [0.25, 0.3) is 0 Å². The van der Waals surface area contributed by atoms with E-state index in [1.807, 2.05) is 0 Å². The predicted octanol–water partition coefficient (Wildman–Crippen LogP) is 4.63. The Hall–Kier alpha value is -2.82. The van der Waals surface area contributed by atoms with E-state index >= 15 is 0 Å². The summed E-state index contributed by atoms with van der Waals surface area (Å²) in [5.74, 6) is -0.661. The first-order chi connectivity index (χ1) is 12.4. The second kappa shape index (κ2) is 7.43. The molecule has 0 aromatic heterocycles. The number of carbonyl (C=O) groups excluding carboxylic acids is 1. The van der Waals surface area contributed by atoms with Gasteiger partial charge in [0.2, 0.25) is 5.91 Å². The van der Waals surface area contributed by atoms with Crippen molar-refractivity contribution in [2.24, 2.45) is 5.73 Å². The van der Waals surface area contributed by atoms with Crippen LogP contribution in [0.4, 0.5) is 37.7 Å². The van der Waals surface area contributed by atoms with E-state index in [1.165, 1.54) is 24.3 Å². The number of hydrogen-bond donors (Lipinski definition) is 3. The Balaban J connectivity index is 2.22. The molecule has 2 aromatic carbocycles. The molecule has 2 rings (SSSR count). The van der Waals surface area contributed by atoms with Crippen molar-refractivity contribution in [3.05, 3.63) is 59.2 Å². The summed E-state index contributed by atoms with van der Waals surface area (Å²) in [6.07, 6.45) is -9.92. The van der Waals surface area contributed by atoms with Crippen LogP contribution in [-0.4, -0.2) is 11.0 Å². The summed E-state index contributed by atoms with van der Waals surface area (Å²) in [6, 6.07) is 6.63. The first-order valence-corrected chi connectivity index (χ1v) is 7.54. The number of alkyl halides is 6. The summed E-state index contributed by atoms with van der Waals surface area (Å²) in [4.78, 5) is 11.0. The van der Waals surface area contributed by atoms with E-state index in [9.17, 15) is 31.1 Å². The summed E-state index contributed by atoms with van der Waals surface area (Å²) >= 11 is 4.90. The number of hydrogen-bond acceptors (Lipinski definition) is 2. The maximum absolute atomic E-state index is 12.8. The van der Waals surface area contributed by atoms with Crippen molar-refractivity contribution in [2.75, 3.05) is 10.6 Å². The van der Waals surface area contributed by atoms with Crippen molar-refractivity contribution in [2.45, 2.75) is 12.4 Å². The molecule has 144 valence electrons. The van der Waals surface area contributed by atoms with Crippen molar-refractivity contribution in [1.29, 1.82) is 0 Å². The maximum atomic E-state index is 12.8. The van der Waals surface area contributed by atoms with Gasteiger partial charge in [-0.3, -0.25) is 4.79 Å². The van der Waals surface area contributed by atoms with Crippen molar-refractivity contribution in [3.63, 3.8) is 0 Å². The first kappa shape index (κ1) is 20.5. The van der Waals surface area contributed by atoms with E-state index in [-0.39, 0.29) is 16.7 Å². The molecule has 0 aliphatic rings. The topological polar surface area (TPSA) is 67.2 Å². The number of rotatable bonds is 3. The molecule has 0 saturated heterocycles. The number of primary amides is 1. The highest BCUT2D eigenvalue weighted by molar-refractivity contribution is 7.80. The molecule has 1 amide bonds. The maximum Gasteiger partial charge on any atom is 0.416 e. The third kappa shape index (κ3) is 5.58. The molecule has 0 heterocycles. The Morgan fingerprint density at radius 1 is 0.815 bits per heavy atom. The van der Waals surface area contributed by atoms with Gasteiger partial charge in [0.25, 0.3) is 0 Å². The van der Waals surface area contributed by atoms with Gasteiger partial charge >= 0.3 is 12.4 Å². The fraction of sp³-hybridized carbons (Fsp3) is 0.125. The van der Waals surface area contributed by atoms with E-state index in [4.69, 9.17) is 18.0 Å². The van der Waals surface area contributed by atoms with Gasteiger partial charge in [-0.2, -0.15) is 26.3 Å². The molecule has 0 atom stereocenters. The van der Waals surface area contributed by atoms with Crippen LogP contribution >= 0.6 is 12.2 Å². The molecular weight excluding hydrogens is 396 g/mol. The fourth-order valence-corrected chi connectivity index (χ4v) is 2.27. The van der Waals surface area contributed by atoms with Crippen LogP contribution in [0, 0.1) is 0 Å². The van der Waals surface area contributed by atoms with Crippen molar-refractivity contribution in [1.82, 2.24) is 0 Å². The molecule has 4 nitrogen and oxygen atoms in total. The van der Waals surface area contributed by atoms with Gasteiger partial charge < -0.3 is 16.4 Å². The Morgan fingerprint density at radius 2 is 1.26 bits per heavy atom. The molecular formula is C16H11F6N3OS. The lowest BCUT2D eigenvalue weighted by Crippen LogP contribution is -2.20. The standard InChI is InChI=1S/C16H11F6N3OS/c17-15(18,19)9-5-10(16(20,21)22)7-12(6-9)25-14(27)24-11-3-1-8(2-4-11)13(23)26/h1-7H,(H2,23,26)(H2,24,25,27). The third-order valence-electron chi connectivity index (χ3n) is 3.27. The molecule has 0 bridgehead atoms. The molecule has 0 spiro atoms. The predicted molar refractivity (Wildman–Crippen MR) is 91.2 cm³/mol. The molecule has 4 N–H and O–H groups in total. The minimum atomic E-state index is -4.96. The zero-order valence-electron chi connectivity index (χ0n) is 13.2. The van der Waals surface area contributed by atoms with Crippen LogP contribution in [0.2, 0.25) is 0 Å². The normalized spacial score (nSPS) is 11.8. The molecule has 0 radical (unpaired) electrons. The van der Waals surface area contributed by atoms with Crippen LogP contribution < -0.4 is 16.4 Å². The fourth-order valence-electron chi connectivity index (χ4n) is 2.04. The largest absolute Gasteiger partial charge is 0.416 e. The molecule has 0 saturated carbocycles. The lowest BCUT2D eigenvalue weighted by Gasteiger charge is -2.16. The lowest BCUT2D eigenvalue weighted by atomic mass is 10.1. The van der Waals surface area contributed by atoms with Gasteiger partial charge in [0, 0.05) is 16.9 Å². The van der Waals surface area contributed by atoms with E-state index in [1.54, 1.807) is 0 Å². The van der Waals surface area contributed by atoms with Gasteiger partial charge in [-0.15, -0.1) is 0 Å². The van der Waals surface area contributed by atoms with Gasteiger partial charge in [-0.25, -0.2) is 0 Å². The zero-order chi connectivity index (χ0) is 20.4. The number of thiocarbonyl (C=S) groups is 1. The van der Waals surface area contributed by atoms with Crippen LogP contribution in [0.5, 0.6) is 0 Å². The van der Waals surface area contributed by atoms with Crippen molar-refractivity contribution < 1.29 is 31.1 Å².